The number of benzene rings is 7. The fourth-order valence-electron chi connectivity index (χ4n) is 10.3. The van der Waals surface area contributed by atoms with E-state index in [0.29, 0.717) is 0 Å². The van der Waals surface area contributed by atoms with Crippen LogP contribution in [-0.2, 0) is 16.2 Å². The first-order chi connectivity index (χ1) is 26.6. The summed E-state index contributed by atoms with van der Waals surface area (Å²) in [5, 5.41) is 0. The minimum Gasteiger partial charge on any atom is -0.310 e. The topological polar surface area (TPSA) is 3.24 Å². The molecular weight excluding hydrogens is 663 g/mol. The van der Waals surface area contributed by atoms with Crippen molar-refractivity contribution in [3.05, 3.63) is 186 Å². The number of rotatable bonds is 5. The predicted octanol–water partition coefficient (Wildman–Crippen LogP) is 14.9. The maximum atomic E-state index is 2.55. The summed E-state index contributed by atoms with van der Waals surface area (Å²) >= 11 is 0. The number of anilines is 3. The molecule has 0 amide bonds. The number of hydrogen-bond donors (Lipinski definition) is 0. The van der Waals surface area contributed by atoms with E-state index in [2.05, 4.69) is 197 Å². The Hall–Kier alpha value is -5.66. The fourth-order valence-corrected chi connectivity index (χ4v) is 10.3. The molecule has 7 aromatic rings. The zero-order valence-corrected chi connectivity index (χ0v) is 32.8. The van der Waals surface area contributed by atoms with Crippen molar-refractivity contribution in [1.29, 1.82) is 0 Å². The van der Waals surface area contributed by atoms with Crippen molar-refractivity contribution in [1.82, 2.24) is 0 Å². The summed E-state index contributed by atoms with van der Waals surface area (Å²) in [7, 11) is 0. The Kier molecular flexibility index (Phi) is 7.66. The first kappa shape index (κ1) is 33.9. The molecule has 10 rings (SSSR count). The lowest BCUT2D eigenvalue weighted by atomic mass is 9.76. The summed E-state index contributed by atoms with van der Waals surface area (Å²) < 4.78 is 0. The highest BCUT2D eigenvalue weighted by molar-refractivity contribution is 5.93. The summed E-state index contributed by atoms with van der Waals surface area (Å²) in [5.74, 6) is 0. The van der Waals surface area contributed by atoms with E-state index in [4.69, 9.17) is 0 Å². The van der Waals surface area contributed by atoms with E-state index in [-0.39, 0.29) is 16.2 Å². The highest BCUT2D eigenvalue weighted by atomic mass is 15.1. The van der Waals surface area contributed by atoms with Gasteiger partial charge >= 0.3 is 0 Å². The molecule has 7 aromatic carbocycles. The van der Waals surface area contributed by atoms with E-state index in [1.165, 1.54) is 115 Å². The molecule has 270 valence electrons. The van der Waals surface area contributed by atoms with Gasteiger partial charge in [-0.05, 0) is 121 Å². The average Bonchev–Trinajstić information content (AvgIpc) is 3.88. The Morgan fingerprint density at radius 2 is 0.982 bits per heavy atom. The fraction of sp³-hybridized carbons (Fsp3) is 0.222. The smallest absolute Gasteiger partial charge is 0.0540 e. The predicted molar refractivity (Wildman–Crippen MR) is 233 cm³/mol. The molecule has 1 fully saturated rings. The van der Waals surface area contributed by atoms with Crippen molar-refractivity contribution in [3.8, 4) is 44.5 Å². The molecule has 3 aliphatic rings. The average molecular weight is 712 g/mol. The van der Waals surface area contributed by atoms with Crippen LogP contribution in [0.4, 0.5) is 17.1 Å². The van der Waals surface area contributed by atoms with Crippen molar-refractivity contribution >= 4 is 17.1 Å². The van der Waals surface area contributed by atoms with E-state index in [9.17, 15) is 0 Å². The van der Waals surface area contributed by atoms with Crippen LogP contribution in [-0.4, -0.2) is 0 Å². The molecule has 0 bridgehead atoms. The van der Waals surface area contributed by atoms with Gasteiger partial charge in [0.15, 0.2) is 0 Å². The molecule has 1 nitrogen and oxygen atoms in total. The maximum absolute atomic E-state index is 2.55. The van der Waals surface area contributed by atoms with Crippen LogP contribution in [0.2, 0.25) is 0 Å². The van der Waals surface area contributed by atoms with Gasteiger partial charge in [-0.25, -0.2) is 0 Å². The van der Waals surface area contributed by atoms with Crippen LogP contribution < -0.4 is 4.90 Å². The van der Waals surface area contributed by atoms with Gasteiger partial charge in [0.2, 0.25) is 0 Å². The van der Waals surface area contributed by atoms with E-state index in [1.54, 1.807) is 0 Å². The molecule has 0 saturated heterocycles. The van der Waals surface area contributed by atoms with Gasteiger partial charge in [0.05, 0.1) is 5.69 Å². The largest absolute Gasteiger partial charge is 0.310 e. The lowest BCUT2D eigenvalue weighted by Crippen LogP contribution is -2.21. The van der Waals surface area contributed by atoms with Crippen LogP contribution in [0.5, 0.6) is 0 Å². The maximum Gasteiger partial charge on any atom is 0.0540 e. The molecule has 0 radical (unpaired) electrons. The van der Waals surface area contributed by atoms with Crippen molar-refractivity contribution in [2.24, 2.45) is 0 Å². The van der Waals surface area contributed by atoms with Crippen LogP contribution in [0, 0.1) is 0 Å². The lowest BCUT2D eigenvalue weighted by molar-refractivity contribution is 0.550. The van der Waals surface area contributed by atoms with Gasteiger partial charge in [-0.2, -0.15) is 0 Å². The highest BCUT2D eigenvalue weighted by Gasteiger charge is 2.45. The summed E-state index contributed by atoms with van der Waals surface area (Å²) in [6.45, 7) is 11.6. The van der Waals surface area contributed by atoms with Gasteiger partial charge in [-0.1, -0.05) is 169 Å². The zero-order valence-electron chi connectivity index (χ0n) is 32.8. The zero-order chi connectivity index (χ0) is 37.5. The second-order valence-electron chi connectivity index (χ2n) is 17.7. The van der Waals surface area contributed by atoms with E-state index in [1.807, 2.05) is 0 Å². The summed E-state index contributed by atoms with van der Waals surface area (Å²) in [5.41, 5.74) is 21.3. The highest BCUT2D eigenvalue weighted by Crippen LogP contribution is 2.58. The van der Waals surface area contributed by atoms with Crippen molar-refractivity contribution in [3.63, 3.8) is 0 Å². The number of nitrogens with zero attached hydrogens (tertiary/aromatic N) is 1. The third kappa shape index (κ3) is 5.27. The first-order valence-corrected chi connectivity index (χ1v) is 20.2. The third-order valence-electron chi connectivity index (χ3n) is 13.2. The van der Waals surface area contributed by atoms with E-state index < -0.39 is 0 Å². The normalized spacial score (nSPS) is 15.7. The molecule has 0 aliphatic heterocycles. The molecule has 0 unspecified atom stereocenters. The molecule has 55 heavy (non-hydrogen) atoms. The molecule has 1 spiro atoms. The third-order valence-corrected chi connectivity index (χ3v) is 13.2. The van der Waals surface area contributed by atoms with Gasteiger partial charge in [-0.3, -0.25) is 0 Å². The van der Waals surface area contributed by atoms with Gasteiger partial charge in [0.1, 0.15) is 0 Å². The summed E-state index contributed by atoms with van der Waals surface area (Å²) in [6, 6.07) is 60.0. The van der Waals surface area contributed by atoms with Crippen molar-refractivity contribution < 1.29 is 0 Å². The molecule has 0 N–H and O–H groups in total. The first-order valence-electron chi connectivity index (χ1n) is 20.2. The summed E-state index contributed by atoms with van der Waals surface area (Å²) in [6.07, 6.45) is 4.98. The quantitative estimate of drug-likeness (QED) is 0.172. The Labute approximate surface area is 327 Å². The van der Waals surface area contributed by atoms with Crippen LogP contribution in [0.25, 0.3) is 44.5 Å². The SMILES string of the molecule is CC(C)(C)c1ccc(-c2cccc(-c3ccccc3N(c3ccc4c(c3)C(C)(C)c3ccccc3-4)c3ccc4c(c3)C3(CCCC3)c3ccccc3-4)c2)cc1. The van der Waals surface area contributed by atoms with Gasteiger partial charge in [0.25, 0.3) is 0 Å². The number of para-hydroxylation sites is 1. The van der Waals surface area contributed by atoms with Crippen LogP contribution >= 0.6 is 0 Å². The number of fused-ring (bicyclic) bond motifs is 8. The molecular formula is C54H49N. The van der Waals surface area contributed by atoms with Gasteiger partial charge in [-0.15, -0.1) is 0 Å². The Morgan fingerprint density at radius 1 is 0.436 bits per heavy atom. The molecule has 0 aromatic heterocycles. The van der Waals surface area contributed by atoms with E-state index >= 15 is 0 Å². The Bertz CT molecular complexity index is 2610. The minimum absolute atomic E-state index is 0.0889. The van der Waals surface area contributed by atoms with Crippen molar-refractivity contribution in [2.75, 3.05) is 4.90 Å². The summed E-state index contributed by atoms with van der Waals surface area (Å²) in [4.78, 5) is 2.55. The van der Waals surface area contributed by atoms with Crippen molar-refractivity contribution in [2.45, 2.75) is 76.5 Å². The van der Waals surface area contributed by atoms with E-state index in [0.717, 1.165) is 0 Å². The Morgan fingerprint density at radius 3 is 1.67 bits per heavy atom. The molecule has 1 heteroatoms. The number of hydrogen-bond acceptors (Lipinski definition) is 1. The van der Waals surface area contributed by atoms with Crippen LogP contribution in [0.3, 0.4) is 0 Å². The Balaban J connectivity index is 1.16. The van der Waals surface area contributed by atoms with Gasteiger partial charge < -0.3 is 4.90 Å². The molecule has 1 saturated carbocycles. The minimum atomic E-state index is -0.0997. The second kappa shape index (κ2) is 12.4. The monoisotopic (exact) mass is 711 g/mol. The van der Waals surface area contributed by atoms with Gasteiger partial charge in [0, 0.05) is 27.8 Å². The molecule has 0 atom stereocenters. The second-order valence-corrected chi connectivity index (χ2v) is 17.7. The molecule has 0 heterocycles. The van der Waals surface area contributed by atoms with Crippen LogP contribution in [0.15, 0.2) is 158 Å². The lowest BCUT2D eigenvalue weighted by Gasteiger charge is -2.32. The molecule has 3 aliphatic carbocycles. The standard InChI is InChI=1S/C54H49N/c1-52(2,3)39-25-23-36(24-26-39)37-15-14-16-38(33-37)42-17-8-11-22-51(42)55(40-27-29-45-43-18-6-9-20-47(43)53(4,5)49(45)34-40)41-28-30-46-44-19-7-10-21-48(44)54(50(46)35-41)31-12-13-32-54/h6-11,14-30,33-35H,12-13,31-32H2,1-5H3. The van der Waals surface area contributed by atoms with Crippen LogP contribution in [0.1, 0.15) is 88.1 Å².